The van der Waals surface area contributed by atoms with Crippen molar-refractivity contribution in [1.82, 2.24) is 0 Å². The van der Waals surface area contributed by atoms with Crippen LogP contribution < -0.4 is 10.7 Å². The molecule has 1 aliphatic heterocycles. The molecule has 2 aromatic carbocycles. The molecule has 3 nitrogen and oxygen atoms in total. The van der Waals surface area contributed by atoms with Crippen LogP contribution in [0.5, 0.6) is 0 Å². The second-order valence-corrected chi connectivity index (χ2v) is 6.80. The predicted molar refractivity (Wildman–Crippen MR) is 98.8 cm³/mol. The maximum Gasteiger partial charge on any atom is 0.0854 e. The molecule has 2 aromatic rings. The molecule has 0 spiro atoms. The van der Waals surface area contributed by atoms with Crippen molar-refractivity contribution in [2.75, 3.05) is 11.6 Å². The second-order valence-electron chi connectivity index (χ2n) is 5.52. The van der Waals surface area contributed by atoms with Crippen LogP contribution in [0, 0.1) is 5.92 Å². The van der Waals surface area contributed by atoms with Gasteiger partial charge in [0.1, 0.15) is 0 Å². The Morgan fingerprint density at radius 2 is 1.70 bits per heavy atom. The molecule has 0 saturated carbocycles. The molecule has 3 rings (SSSR count). The van der Waals surface area contributed by atoms with Gasteiger partial charge in [-0.3, -0.25) is 5.01 Å². The second kappa shape index (κ2) is 6.70. The molecule has 120 valence electrons. The third-order valence-corrected chi connectivity index (χ3v) is 4.87. The van der Waals surface area contributed by atoms with Crippen LogP contribution in [0.15, 0.2) is 47.6 Å². The van der Waals surface area contributed by atoms with E-state index in [0.717, 1.165) is 17.0 Å². The highest BCUT2D eigenvalue weighted by Crippen LogP contribution is 2.42. The molecule has 0 saturated heterocycles. The summed E-state index contributed by atoms with van der Waals surface area (Å²) in [6.45, 7) is 2.53. The number of rotatable bonds is 3. The van der Waals surface area contributed by atoms with Crippen molar-refractivity contribution in [2.24, 2.45) is 16.8 Å². The highest BCUT2D eigenvalue weighted by molar-refractivity contribution is 6.36. The summed E-state index contributed by atoms with van der Waals surface area (Å²) in [4.78, 5) is 0. The zero-order chi connectivity index (χ0) is 16.6. The lowest BCUT2D eigenvalue weighted by Crippen LogP contribution is -2.25. The summed E-state index contributed by atoms with van der Waals surface area (Å²) in [6, 6.07) is 13.2. The molecular formula is C17H16Cl3N3. The summed E-state index contributed by atoms with van der Waals surface area (Å²) in [5, 5.41) is 8.48. The van der Waals surface area contributed by atoms with Crippen molar-refractivity contribution in [1.29, 1.82) is 0 Å². The zero-order valence-electron chi connectivity index (χ0n) is 12.5. The Kier molecular flexibility index (Phi) is 4.83. The van der Waals surface area contributed by atoms with Crippen molar-refractivity contribution < 1.29 is 0 Å². The molecule has 0 bridgehead atoms. The van der Waals surface area contributed by atoms with Gasteiger partial charge in [0, 0.05) is 22.5 Å². The van der Waals surface area contributed by atoms with E-state index < -0.39 is 0 Å². The first-order valence-electron chi connectivity index (χ1n) is 7.28. The minimum Gasteiger partial charge on any atom is -0.325 e. The van der Waals surface area contributed by atoms with E-state index >= 15 is 0 Å². The fourth-order valence-corrected chi connectivity index (χ4v) is 3.49. The van der Waals surface area contributed by atoms with Crippen LogP contribution in [0.2, 0.25) is 15.1 Å². The Bertz CT molecular complexity index is 743. The number of halogens is 3. The van der Waals surface area contributed by atoms with Gasteiger partial charge in [0.15, 0.2) is 0 Å². The number of hydrazone groups is 1. The summed E-state index contributed by atoms with van der Waals surface area (Å²) in [5.74, 6) is 0.174. The summed E-state index contributed by atoms with van der Waals surface area (Å²) < 4.78 is 0. The molecule has 0 amide bonds. The normalized spacial score (nSPS) is 20.7. The minimum atomic E-state index is 0.0180. The molecule has 6 heteroatoms. The van der Waals surface area contributed by atoms with Gasteiger partial charge in [-0.1, -0.05) is 53.9 Å². The fourth-order valence-electron chi connectivity index (χ4n) is 2.87. The molecule has 1 aliphatic rings. The minimum absolute atomic E-state index is 0.0180. The van der Waals surface area contributed by atoms with Gasteiger partial charge in [0.25, 0.3) is 0 Å². The van der Waals surface area contributed by atoms with Gasteiger partial charge in [-0.25, -0.2) is 0 Å². The summed E-state index contributed by atoms with van der Waals surface area (Å²) >= 11 is 18.4. The number of hydrogen-bond donors (Lipinski definition) is 1. The molecule has 0 radical (unpaired) electrons. The average Bonchev–Trinajstić information content (AvgIpc) is 2.85. The van der Waals surface area contributed by atoms with Crippen LogP contribution in [0.25, 0.3) is 0 Å². The van der Waals surface area contributed by atoms with Crippen LogP contribution in [-0.2, 0) is 0 Å². The Morgan fingerprint density at radius 3 is 2.30 bits per heavy atom. The molecule has 0 aliphatic carbocycles. The lowest BCUT2D eigenvalue weighted by molar-refractivity contribution is 0.586. The van der Waals surface area contributed by atoms with Gasteiger partial charge in [-0.15, -0.1) is 0 Å². The van der Waals surface area contributed by atoms with Crippen molar-refractivity contribution in [3.05, 3.63) is 63.1 Å². The SMILES string of the molecule is C[C@@H]1C(CN)=NN(c2ccc(Cl)cc2Cl)[C@@H]1c1ccc(Cl)cc1. The summed E-state index contributed by atoms with van der Waals surface area (Å²) in [5.41, 5.74) is 8.72. The fraction of sp³-hybridized carbons (Fsp3) is 0.235. The van der Waals surface area contributed by atoms with E-state index in [1.165, 1.54) is 0 Å². The van der Waals surface area contributed by atoms with Gasteiger partial charge in [0.05, 0.1) is 22.5 Å². The molecule has 0 aromatic heterocycles. The highest BCUT2D eigenvalue weighted by atomic mass is 35.5. The Balaban J connectivity index is 2.07. The van der Waals surface area contributed by atoms with E-state index in [9.17, 15) is 0 Å². The van der Waals surface area contributed by atoms with Crippen LogP contribution in [0.3, 0.4) is 0 Å². The van der Waals surface area contributed by atoms with Crippen LogP contribution >= 0.6 is 34.8 Å². The number of hydrogen-bond acceptors (Lipinski definition) is 3. The quantitative estimate of drug-likeness (QED) is 0.813. The van der Waals surface area contributed by atoms with Crippen LogP contribution in [0.4, 0.5) is 5.69 Å². The average molecular weight is 369 g/mol. The van der Waals surface area contributed by atoms with Gasteiger partial charge < -0.3 is 5.73 Å². The number of nitrogens with zero attached hydrogens (tertiary/aromatic N) is 2. The van der Waals surface area contributed by atoms with Gasteiger partial charge in [-0.05, 0) is 35.9 Å². The van der Waals surface area contributed by atoms with Crippen molar-refractivity contribution in [3.8, 4) is 0 Å². The molecular weight excluding hydrogens is 353 g/mol. The Morgan fingerprint density at radius 1 is 1.04 bits per heavy atom. The molecule has 1 heterocycles. The smallest absolute Gasteiger partial charge is 0.0854 e. The Hall–Kier alpha value is -1.26. The molecule has 2 atom stereocenters. The summed E-state index contributed by atoms with van der Waals surface area (Å²) in [7, 11) is 0. The van der Waals surface area contributed by atoms with Gasteiger partial charge in [0.2, 0.25) is 0 Å². The maximum absolute atomic E-state index is 6.38. The Labute approximate surface area is 150 Å². The molecule has 0 unspecified atom stereocenters. The lowest BCUT2D eigenvalue weighted by atomic mass is 9.91. The molecule has 2 N–H and O–H groups in total. The molecule has 23 heavy (non-hydrogen) atoms. The zero-order valence-corrected chi connectivity index (χ0v) is 14.8. The highest BCUT2D eigenvalue weighted by Gasteiger charge is 2.36. The van der Waals surface area contributed by atoms with E-state index in [1.54, 1.807) is 6.07 Å². The van der Waals surface area contributed by atoms with Crippen LogP contribution in [-0.4, -0.2) is 12.3 Å². The monoisotopic (exact) mass is 367 g/mol. The molecule has 0 fully saturated rings. The third kappa shape index (κ3) is 3.20. The first-order chi connectivity index (χ1) is 11.0. The lowest BCUT2D eigenvalue weighted by Gasteiger charge is -2.27. The van der Waals surface area contributed by atoms with Gasteiger partial charge in [-0.2, -0.15) is 5.10 Å². The predicted octanol–water partition coefficient (Wildman–Crippen LogP) is 5.16. The van der Waals surface area contributed by atoms with E-state index in [0.29, 0.717) is 21.6 Å². The van der Waals surface area contributed by atoms with Crippen LogP contribution in [0.1, 0.15) is 18.5 Å². The third-order valence-electron chi connectivity index (χ3n) is 4.08. The number of anilines is 1. The first kappa shape index (κ1) is 16.6. The van der Waals surface area contributed by atoms with E-state index in [4.69, 9.17) is 45.6 Å². The van der Waals surface area contributed by atoms with Gasteiger partial charge >= 0.3 is 0 Å². The maximum atomic E-state index is 6.38. The largest absolute Gasteiger partial charge is 0.325 e. The topological polar surface area (TPSA) is 41.6 Å². The first-order valence-corrected chi connectivity index (χ1v) is 8.42. The van der Waals surface area contributed by atoms with Crippen molar-refractivity contribution in [3.63, 3.8) is 0 Å². The van der Waals surface area contributed by atoms with Crippen molar-refractivity contribution in [2.45, 2.75) is 13.0 Å². The van der Waals surface area contributed by atoms with Crippen molar-refractivity contribution >= 4 is 46.2 Å². The number of nitrogens with two attached hydrogens (primary N) is 1. The van der Waals surface area contributed by atoms with E-state index in [2.05, 4.69) is 6.92 Å². The van der Waals surface area contributed by atoms with E-state index in [-0.39, 0.29) is 12.0 Å². The number of benzene rings is 2. The summed E-state index contributed by atoms with van der Waals surface area (Å²) in [6.07, 6.45) is 0. The van der Waals surface area contributed by atoms with E-state index in [1.807, 2.05) is 41.4 Å². The standard InChI is InChI=1S/C17H16Cl3N3/c1-10-15(9-21)22-23(16-7-6-13(19)8-14(16)20)17(10)11-2-4-12(18)5-3-11/h2-8,10,17H,9,21H2,1H3/t10-,17+/m1/s1.